The summed E-state index contributed by atoms with van der Waals surface area (Å²) in [5.41, 5.74) is 8.11. The van der Waals surface area contributed by atoms with E-state index in [1.54, 1.807) is 38.1 Å². The Kier molecular flexibility index (Phi) is 3.92. The molecule has 0 aliphatic heterocycles. The van der Waals surface area contributed by atoms with Gasteiger partial charge < -0.3 is 5.73 Å². The normalized spacial score (nSPS) is 11.3. The first kappa shape index (κ1) is 14.7. The van der Waals surface area contributed by atoms with Gasteiger partial charge in [0.2, 0.25) is 0 Å². The van der Waals surface area contributed by atoms with Crippen molar-refractivity contribution in [2.24, 2.45) is 0 Å². The van der Waals surface area contributed by atoms with Crippen LogP contribution in [0.25, 0.3) is 0 Å². The summed E-state index contributed by atoms with van der Waals surface area (Å²) in [5.74, 6) is 0. The van der Waals surface area contributed by atoms with Crippen LogP contribution in [0.15, 0.2) is 41.3 Å². The van der Waals surface area contributed by atoms with Gasteiger partial charge in [0.1, 0.15) is 0 Å². The van der Waals surface area contributed by atoms with Gasteiger partial charge in [-0.3, -0.25) is 4.72 Å². The molecule has 0 spiro atoms. The van der Waals surface area contributed by atoms with E-state index in [0.29, 0.717) is 22.0 Å². The summed E-state index contributed by atoms with van der Waals surface area (Å²) in [6, 6.07) is 9.77. The van der Waals surface area contributed by atoms with E-state index in [0.717, 1.165) is 5.56 Å². The predicted molar refractivity (Wildman–Crippen MR) is 82.6 cm³/mol. The Bertz CT molecular complexity index is 738. The summed E-state index contributed by atoms with van der Waals surface area (Å²) in [6.45, 7) is 3.55. The molecule has 0 atom stereocenters. The molecule has 20 heavy (non-hydrogen) atoms. The van der Waals surface area contributed by atoms with Gasteiger partial charge in [-0.05, 0) is 49.2 Å². The van der Waals surface area contributed by atoms with Crippen molar-refractivity contribution >= 4 is 33.0 Å². The number of nitrogens with one attached hydrogen (secondary N) is 1. The highest BCUT2D eigenvalue weighted by Gasteiger charge is 2.17. The van der Waals surface area contributed by atoms with E-state index >= 15 is 0 Å². The van der Waals surface area contributed by atoms with Gasteiger partial charge in [-0.25, -0.2) is 8.42 Å². The smallest absolute Gasteiger partial charge is 0.261 e. The summed E-state index contributed by atoms with van der Waals surface area (Å²) in [4.78, 5) is 0.156. The van der Waals surface area contributed by atoms with Gasteiger partial charge in [0.25, 0.3) is 10.0 Å². The number of anilines is 2. The quantitative estimate of drug-likeness (QED) is 0.854. The number of nitrogens with two attached hydrogens (primary N) is 1. The highest BCUT2D eigenvalue weighted by molar-refractivity contribution is 7.92. The molecule has 0 unspecified atom stereocenters. The molecule has 0 aliphatic carbocycles. The minimum absolute atomic E-state index is 0.156. The Morgan fingerprint density at radius 3 is 2.40 bits per heavy atom. The summed E-state index contributed by atoms with van der Waals surface area (Å²) in [7, 11) is -3.69. The molecule has 2 rings (SSSR count). The monoisotopic (exact) mass is 310 g/mol. The first-order chi connectivity index (χ1) is 9.31. The van der Waals surface area contributed by atoms with E-state index in [2.05, 4.69) is 4.72 Å². The lowest BCUT2D eigenvalue weighted by atomic mass is 10.2. The van der Waals surface area contributed by atoms with Crippen molar-refractivity contribution < 1.29 is 8.42 Å². The Morgan fingerprint density at radius 1 is 1.10 bits per heavy atom. The molecule has 3 N–H and O–H groups in total. The number of halogens is 1. The highest BCUT2D eigenvalue weighted by Crippen LogP contribution is 2.28. The summed E-state index contributed by atoms with van der Waals surface area (Å²) in [5, 5.41) is 0.362. The predicted octanol–water partition coefficient (Wildman–Crippen LogP) is 3.34. The molecule has 0 fully saturated rings. The average molecular weight is 311 g/mol. The Labute approximate surface area is 123 Å². The standard InChI is InChI=1S/C14H15ClN2O2S/c1-9-4-3-5-12(15)14(9)17-20(18,19)11-6-7-13(16)10(2)8-11/h3-8,17H,16H2,1-2H3. The molecule has 2 aromatic rings. The highest BCUT2D eigenvalue weighted by atomic mass is 35.5. The van der Waals surface area contributed by atoms with Crippen LogP contribution in [-0.2, 0) is 10.0 Å². The molecular weight excluding hydrogens is 296 g/mol. The zero-order chi connectivity index (χ0) is 14.9. The van der Waals surface area contributed by atoms with Gasteiger partial charge in [-0.15, -0.1) is 0 Å². The maximum absolute atomic E-state index is 12.4. The zero-order valence-corrected chi connectivity index (χ0v) is 12.7. The minimum atomic E-state index is -3.69. The van der Waals surface area contributed by atoms with Gasteiger partial charge in [-0.1, -0.05) is 23.7 Å². The molecule has 4 nitrogen and oxygen atoms in total. The lowest BCUT2D eigenvalue weighted by Gasteiger charge is -2.13. The summed E-state index contributed by atoms with van der Waals surface area (Å²) >= 11 is 6.03. The second-order valence-corrected chi connectivity index (χ2v) is 6.65. The van der Waals surface area contributed by atoms with Crippen molar-refractivity contribution in [3.8, 4) is 0 Å². The second-order valence-electron chi connectivity index (χ2n) is 4.56. The first-order valence-corrected chi connectivity index (χ1v) is 7.81. The van der Waals surface area contributed by atoms with Crippen molar-refractivity contribution in [3.05, 3.63) is 52.5 Å². The van der Waals surface area contributed by atoms with Gasteiger partial charge in [-0.2, -0.15) is 0 Å². The Balaban J connectivity index is 2.43. The minimum Gasteiger partial charge on any atom is -0.399 e. The van der Waals surface area contributed by atoms with Crippen molar-refractivity contribution in [2.45, 2.75) is 18.7 Å². The number of hydrogen-bond donors (Lipinski definition) is 2. The van der Waals surface area contributed by atoms with Gasteiger partial charge in [0.05, 0.1) is 15.6 Å². The third kappa shape index (κ3) is 2.89. The number of para-hydroxylation sites is 1. The van der Waals surface area contributed by atoms with Crippen LogP contribution in [0.5, 0.6) is 0 Å². The number of rotatable bonds is 3. The van der Waals surface area contributed by atoms with E-state index in [4.69, 9.17) is 17.3 Å². The fraction of sp³-hybridized carbons (Fsp3) is 0.143. The molecule has 0 saturated heterocycles. The number of benzene rings is 2. The summed E-state index contributed by atoms with van der Waals surface area (Å²) < 4.78 is 27.2. The summed E-state index contributed by atoms with van der Waals surface area (Å²) in [6.07, 6.45) is 0. The van der Waals surface area contributed by atoms with E-state index in [1.807, 2.05) is 0 Å². The van der Waals surface area contributed by atoms with Crippen LogP contribution < -0.4 is 10.5 Å². The maximum Gasteiger partial charge on any atom is 0.261 e. The van der Waals surface area contributed by atoms with E-state index in [1.165, 1.54) is 12.1 Å². The van der Waals surface area contributed by atoms with Crippen LogP contribution in [-0.4, -0.2) is 8.42 Å². The number of aryl methyl sites for hydroxylation is 2. The van der Waals surface area contributed by atoms with Crippen LogP contribution in [0.3, 0.4) is 0 Å². The third-order valence-electron chi connectivity index (χ3n) is 3.01. The topological polar surface area (TPSA) is 72.2 Å². The van der Waals surface area contributed by atoms with Gasteiger partial charge >= 0.3 is 0 Å². The van der Waals surface area contributed by atoms with Crippen LogP contribution in [0.2, 0.25) is 5.02 Å². The molecular formula is C14H15ClN2O2S. The maximum atomic E-state index is 12.4. The fourth-order valence-corrected chi connectivity index (χ4v) is 3.33. The molecule has 0 aliphatic rings. The van der Waals surface area contributed by atoms with Crippen molar-refractivity contribution in [1.82, 2.24) is 0 Å². The van der Waals surface area contributed by atoms with E-state index in [-0.39, 0.29) is 4.90 Å². The van der Waals surface area contributed by atoms with Crippen LogP contribution in [0.1, 0.15) is 11.1 Å². The number of hydrogen-bond acceptors (Lipinski definition) is 3. The van der Waals surface area contributed by atoms with E-state index < -0.39 is 10.0 Å². The second kappa shape index (κ2) is 5.34. The SMILES string of the molecule is Cc1cc(S(=O)(=O)Nc2c(C)cccc2Cl)ccc1N. The Morgan fingerprint density at radius 2 is 1.80 bits per heavy atom. The molecule has 0 aromatic heterocycles. The molecule has 2 aromatic carbocycles. The van der Waals surface area contributed by atoms with Crippen molar-refractivity contribution in [1.29, 1.82) is 0 Å². The molecule has 0 heterocycles. The average Bonchev–Trinajstić information content (AvgIpc) is 2.37. The number of sulfonamides is 1. The number of nitrogen functional groups attached to an aromatic ring is 1. The van der Waals surface area contributed by atoms with Crippen LogP contribution >= 0.6 is 11.6 Å². The molecule has 6 heteroatoms. The van der Waals surface area contributed by atoms with Crippen molar-refractivity contribution in [2.75, 3.05) is 10.5 Å². The largest absolute Gasteiger partial charge is 0.399 e. The fourth-order valence-electron chi connectivity index (χ4n) is 1.77. The first-order valence-electron chi connectivity index (χ1n) is 5.95. The van der Waals surface area contributed by atoms with Crippen LogP contribution in [0.4, 0.5) is 11.4 Å². The van der Waals surface area contributed by atoms with Gasteiger partial charge in [0.15, 0.2) is 0 Å². The lowest BCUT2D eigenvalue weighted by molar-refractivity contribution is 0.601. The molecule has 0 bridgehead atoms. The molecule has 0 amide bonds. The third-order valence-corrected chi connectivity index (χ3v) is 4.67. The van der Waals surface area contributed by atoms with Crippen LogP contribution in [0, 0.1) is 13.8 Å². The lowest BCUT2D eigenvalue weighted by Crippen LogP contribution is -2.14. The Hall–Kier alpha value is -1.72. The molecule has 106 valence electrons. The van der Waals surface area contributed by atoms with Crippen molar-refractivity contribution in [3.63, 3.8) is 0 Å². The molecule has 0 radical (unpaired) electrons. The zero-order valence-electron chi connectivity index (χ0n) is 11.1. The van der Waals surface area contributed by atoms with E-state index in [9.17, 15) is 8.42 Å². The molecule has 0 saturated carbocycles. The van der Waals surface area contributed by atoms with Gasteiger partial charge in [0, 0.05) is 5.69 Å².